The molecule has 2 N–H and O–H groups in total. The van der Waals surface area contributed by atoms with Gasteiger partial charge < -0.3 is 15.0 Å². The molecular formula is C8H10N6O. The summed E-state index contributed by atoms with van der Waals surface area (Å²) in [5.74, 6) is 1.12. The van der Waals surface area contributed by atoms with Gasteiger partial charge in [0, 0.05) is 19.4 Å². The molecule has 0 amide bonds. The number of nitrogens with two attached hydrogens (primary N) is 1. The second kappa shape index (κ2) is 3.52. The maximum atomic E-state index is 5.51. The van der Waals surface area contributed by atoms with E-state index in [1.54, 1.807) is 17.0 Å². The molecule has 0 saturated heterocycles. The molecule has 0 radical (unpaired) electrons. The first-order valence-corrected chi connectivity index (χ1v) is 4.24. The van der Waals surface area contributed by atoms with E-state index in [2.05, 4.69) is 19.9 Å². The standard InChI is InChI=1S/C8H10N6O/c1-14-4-3-10-6(14)5-11-7(9)13-8(12-5)15-2/h3-4H,1-2H3,(H2,9,11,12,13). The van der Waals surface area contributed by atoms with Gasteiger partial charge in [-0.25, -0.2) is 4.98 Å². The normalized spacial score (nSPS) is 10.3. The van der Waals surface area contributed by atoms with Crippen molar-refractivity contribution in [2.75, 3.05) is 12.8 Å². The molecule has 7 heteroatoms. The number of ether oxygens (including phenoxy) is 1. The third-order valence-electron chi connectivity index (χ3n) is 1.84. The van der Waals surface area contributed by atoms with Crippen LogP contribution in [0.15, 0.2) is 12.4 Å². The lowest BCUT2D eigenvalue weighted by Gasteiger charge is -2.03. The van der Waals surface area contributed by atoms with Crippen LogP contribution in [0.2, 0.25) is 0 Å². The number of hydrogen-bond donors (Lipinski definition) is 1. The van der Waals surface area contributed by atoms with Gasteiger partial charge >= 0.3 is 6.01 Å². The Bertz CT molecular complexity index is 480. The summed E-state index contributed by atoms with van der Waals surface area (Å²) in [7, 11) is 3.31. The summed E-state index contributed by atoms with van der Waals surface area (Å²) in [6.07, 6.45) is 3.45. The van der Waals surface area contributed by atoms with Gasteiger partial charge in [-0.1, -0.05) is 0 Å². The number of nitrogen functional groups attached to an aromatic ring is 1. The van der Waals surface area contributed by atoms with Crippen molar-refractivity contribution in [1.82, 2.24) is 24.5 Å². The summed E-state index contributed by atoms with van der Waals surface area (Å²) < 4.78 is 6.68. The molecule has 0 spiro atoms. The van der Waals surface area contributed by atoms with Crippen LogP contribution in [0.1, 0.15) is 0 Å². The van der Waals surface area contributed by atoms with Crippen molar-refractivity contribution in [3.8, 4) is 17.7 Å². The molecule has 78 valence electrons. The van der Waals surface area contributed by atoms with Crippen LogP contribution in [-0.2, 0) is 7.05 Å². The van der Waals surface area contributed by atoms with Gasteiger partial charge in [-0.2, -0.15) is 15.0 Å². The Kier molecular flexibility index (Phi) is 2.20. The van der Waals surface area contributed by atoms with Gasteiger partial charge in [0.05, 0.1) is 7.11 Å². The molecule has 2 heterocycles. The largest absolute Gasteiger partial charge is 0.467 e. The van der Waals surface area contributed by atoms with Gasteiger partial charge in [-0.05, 0) is 0 Å². The van der Waals surface area contributed by atoms with E-state index in [0.29, 0.717) is 11.6 Å². The first kappa shape index (κ1) is 9.38. The zero-order valence-corrected chi connectivity index (χ0v) is 8.38. The highest BCUT2D eigenvalue weighted by molar-refractivity contribution is 5.46. The zero-order valence-electron chi connectivity index (χ0n) is 8.38. The van der Waals surface area contributed by atoms with Crippen LogP contribution < -0.4 is 10.5 Å². The maximum Gasteiger partial charge on any atom is 0.321 e. The van der Waals surface area contributed by atoms with E-state index in [1.807, 2.05) is 7.05 Å². The SMILES string of the molecule is COc1nc(N)nc(-c2nccn2C)n1. The topological polar surface area (TPSA) is 91.7 Å². The lowest BCUT2D eigenvalue weighted by molar-refractivity contribution is 0.379. The number of methoxy groups -OCH3 is 1. The number of anilines is 1. The number of rotatable bonds is 2. The van der Waals surface area contributed by atoms with Crippen molar-refractivity contribution < 1.29 is 4.74 Å². The van der Waals surface area contributed by atoms with E-state index < -0.39 is 0 Å². The summed E-state index contributed by atoms with van der Waals surface area (Å²) in [5.41, 5.74) is 5.51. The van der Waals surface area contributed by atoms with E-state index in [9.17, 15) is 0 Å². The molecule has 2 aromatic rings. The minimum absolute atomic E-state index is 0.111. The molecule has 0 unspecified atom stereocenters. The lowest BCUT2D eigenvalue weighted by Crippen LogP contribution is -2.04. The summed E-state index contributed by atoms with van der Waals surface area (Å²) in [6.45, 7) is 0. The van der Waals surface area contributed by atoms with Crippen LogP contribution in [0.3, 0.4) is 0 Å². The summed E-state index contributed by atoms with van der Waals surface area (Å²) in [5, 5.41) is 0. The Hall–Kier alpha value is -2.18. The van der Waals surface area contributed by atoms with Crippen LogP contribution in [0.25, 0.3) is 11.6 Å². The minimum Gasteiger partial charge on any atom is -0.467 e. The van der Waals surface area contributed by atoms with Crippen molar-refractivity contribution >= 4 is 5.95 Å². The van der Waals surface area contributed by atoms with Crippen LogP contribution in [-0.4, -0.2) is 31.6 Å². The second-order valence-electron chi connectivity index (χ2n) is 2.87. The van der Waals surface area contributed by atoms with Gasteiger partial charge in [0.25, 0.3) is 0 Å². The van der Waals surface area contributed by atoms with Crippen LogP contribution >= 0.6 is 0 Å². The number of nitrogens with zero attached hydrogens (tertiary/aromatic N) is 5. The smallest absolute Gasteiger partial charge is 0.321 e. The van der Waals surface area contributed by atoms with Crippen LogP contribution in [0.5, 0.6) is 6.01 Å². The first-order chi connectivity index (χ1) is 7.20. The molecule has 0 atom stereocenters. The highest BCUT2D eigenvalue weighted by Gasteiger charge is 2.10. The highest BCUT2D eigenvalue weighted by atomic mass is 16.5. The van der Waals surface area contributed by atoms with Crippen LogP contribution in [0.4, 0.5) is 5.95 Å². The molecule has 2 rings (SSSR count). The Balaban J connectivity index is 2.53. The van der Waals surface area contributed by atoms with E-state index in [4.69, 9.17) is 10.5 Å². The molecule has 0 aliphatic rings. The quantitative estimate of drug-likeness (QED) is 0.735. The number of aromatic nitrogens is 5. The number of aryl methyl sites for hydroxylation is 1. The Morgan fingerprint density at radius 2 is 2.13 bits per heavy atom. The van der Waals surface area contributed by atoms with Crippen molar-refractivity contribution in [2.24, 2.45) is 7.05 Å². The van der Waals surface area contributed by atoms with Crippen molar-refractivity contribution in [1.29, 1.82) is 0 Å². The van der Waals surface area contributed by atoms with Crippen LogP contribution in [0, 0.1) is 0 Å². The van der Waals surface area contributed by atoms with Gasteiger partial charge in [0.1, 0.15) is 0 Å². The summed E-state index contributed by atoms with van der Waals surface area (Å²) >= 11 is 0. The summed E-state index contributed by atoms with van der Waals surface area (Å²) in [4.78, 5) is 15.9. The van der Waals surface area contributed by atoms with E-state index in [-0.39, 0.29) is 12.0 Å². The fourth-order valence-corrected chi connectivity index (χ4v) is 1.14. The maximum absolute atomic E-state index is 5.51. The zero-order chi connectivity index (χ0) is 10.8. The van der Waals surface area contributed by atoms with Gasteiger partial charge in [-0.3, -0.25) is 0 Å². The molecule has 0 aromatic carbocycles. The number of imidazole rings is 1. The second-order valence-corrected chi connectivity index (χ2v) is 2.87. The van der Waals surface area contributed by atoms with E-state index in [1.165, 1.54) is 7.11 Å². The van der Waals surface area contributed by atoms with E-state index >= 15 is 0 Å². The predicted octanol–water partition coefficient (Wildman–Crippen LogP) is -0.137. The number of hydrogen-bond acceptors (Lipinski definition) is 6. The minimum atomic E-state index is 0.111. The molecule has 0 saturated carbocycles. The van der Waals surface area contributed by atoms with Crippen molar-refractivity contribution in [2.45, 2.75) is 0 Å². The molecular weight excluding hydrogens is 196 g/mol. The van der Waals surface area contributed by atoms with Gasteiger partial charge in [-0.15, -0.1) is 0 Å². The van der Waals surface area contributed by atoms with E-state index in [0.717, 1.165) is 0 Å². The molecule has 0 fully saturated rings. The third kappa shape index (κ3) is 1.71. The van der Waals surface area contributed by atoms with Gasteiger partial charge in [0.2, 0.25) is 11.8 Å². The summed E-state index contributed by atoms with van der Waals surface area (Å²) in [6, 6.07) is 0.181. The monoisotopic (exact) mass is 206 g/mol. The highest BCUT2D eigenvalue weighted by Crippen LogP contribution is 2.14. The molecule has 0 aliphatic carbocycles. The molecule has 7 nitrogen and oxygen atoms in total. The fraction of sp³-hybridized carbons (Fsp3) is 0.250. The lowest BCUT2D eigenvalue weighted by atomic mass is 10.5. The Morgan fingerprint density at radius 3 is 2.73 bits per heavy atom. The average molecular weight is 206 g/mol. The Labute approximate surface area is 86.0 Å². The van der Waals surface area contributed by atoms with Gasteiger partial charge in [0.15, 0.2) is 5.82 Å². The molecule has 0 bridgehead atoms. The molecule has 2 aromatic heterocycles. The average Bonchev–Trinajstić information content (AvgIpc) is 2.63. The first-order valence-electron chi connectivity index (χ1n) is 4.24. The predicted molar refractivity (Wildman–Crippen MR) is 53.0 cm³/mol. The fourth-order valence-electron chi connectivity index (χ4n) is 1.14. The van der Waals surface area contributed by atoms with Crippen molar-refractivity contribution in [3.05, 3.63) is 12.4 Å². The van der Waals surface area contributed by atoms with Crippen molar-refractivity contribution in [3.63, 3.8) is 0 Å². The third-order valence-corrected chi connectivity index (χ3v) is 1.84. The molecule has 0 aliphatic heterocycles. The molecule has 15 heavy (non-hydrogen) atoms. The Morgan fingerprint density at radius 1 is 1.33 bits per heavy atom.